The molecule has 0 spiro atoms. The minimum absolute atomic E-state index is 0.0618. The van der Waals surface area contributed by atoms with E-state index in [9.17, 15) is 4.79 Å². The van der Waals surface area contributed by atoms with E-state index in [1.54, 1.807) is 0 Å². The van der Waals surface area contributed by atoms with Gasteiger partial charge in [-0.05, 0) is 38.0 Å². The molecule has 1 rings (SSSR count). The highest BCUT2D eigenvalue weighted by Gasteiger charge is 2.06. The molecule has 0 aliphatic rings. The van der Waals surface area contributed by atoms with Gasteiger partial charge < -0.3 is 9.47 Å². The van der Waals surface area contributed by atoms with Gasteiger partial charge in [-0.15, -0.1) is 0 Å². The van der Waals surface area contributed by atoms with E-state index in [2.05, 4.69) is 6.92 Å². The molecular weight excluding hydrogens is 252 g/mol. The standard InChI is InChI=1S/C17H26O3/c1-4-5-6-7-12-19-16-10-8-15(9-11-16)13-17(18)20-14(2)3/h8-11,14H,4-7,12-13H2,1-3H3. The van der Waals surface area contributed by atoms with Gasteiger partial charge in [0.05, 0.1) is 19.1 Å². The van der Waals surface area contributed by atoms with Crippen LogP contribution in [0.15, 0.2) is 24.3 Å². The molecule has 0 aliphatic heterocycles. The molecule has 0 amide bonds. The van der Waals surface area contributed by atoms with E-state index in [1.165, 1.54) is 19.3 Å². The minimum Gasteiger partial charge on any atom is -0.494 e. The first-order valence-corrected chi connectivity index (χ1v) is 7.53. The Hall–Kier alpha value is -1.51. The SMILES string of the molecule is CCCCCCOc1ccc(CC(=O)OC(C)C)cc1. The fourth-order valence-electron chi connectivity index (χ4n) is 1.89. The second kappa shape index (κ2) is 9.40. The number of unbranched alkanes of at least 4 members (excludes halogenated alkanes) is 3. The molecule has 0 radical (unpaired) electrons. The molecule has 0 fully saturated rings. The van der Waals surface area contributed by atoms with Crippen molar-refractivity contribution in [3.8, 4) is 5.75 Å². The van der Waals surface area contributed by atoms with E-state index in [1.807, 2.05) is 38.1 Å². The van der Waals surface area contributed by atoms with Crippen molar-refractivity contribution < 1.29 is 14.3 Å². The van der Waals surface area contributed by atoms with Gasteiger partial charge in [-0.3, -0.25) is 4.79 Å². The van der Waals surface area contributed by atoms with Crippen molar-refractivity contribution in [3.05, 3.63) is 29.8 Å². The van der Waals surface area contributed by atoms with Crippen molar-refractivity contribution in [1.82, 2.24) is 0 Å². The van der Waals surface area contributed by atoms with Gasteiger partial charge in [-0.25, -0.2) is 0 Å². The van der Waals surface area contributed by atoms with Crippen LogP contribution in [0.25, 0.3) is 0 Å². The van der Waals surface area contributed by atoms with Crippen LogP contribution in [0.3, 0.4) is 0 Å². The Bertz CT molecular complexity index is 382. The first kappa shape index (κ1) is 16.5. The summed E-state index contributed by atoms with van der Waals surface area (Å²) >= 11 is 0. The molecule has 0 saturated heterocycles. The zero-order valence-corrected chi connectivity index (χ0v) is 12.9. The second-order valence-corrected chi connectivity index (χ2v) is 5.27. The Morgan fingerprint density at radius 2 is 1.80 bits per heavy atom. The summed E-state index contributed by atoms with van der Waals surface area (Å²) in [7, 11) is 0. The summed E-state index contributed by atoms with van der Waals surface area (Å²) in [6.07, 6.45) is 5.07. The van der Waals surface area contributed by atoms with Crippen molar-refractivity contribution in [2.24, 2.45) is 0 Å². The number of hydrogen-bond acceptors (Lipinski definition) is 3. The monoisotopic (exact) mass is 278 g/mol. The van der Waals surface area contributed by atoms with E-state index in [0.717, 1.165) is 24.3 Å². The Morgan fingerprint density at radius 3 is 2.40 bits per heavy atom. The number of hydrogen-bond donors (Lipinski definition) is 0. The van der Waals surface area contributed by atoms with E-state index < -0.39 is 0 Å². The summed E-state index contributed by atoms with van der Waals surface area (Å²) in [4.78, 5) is 11.5. The van der Waals surface area contributed by atoms with Gasteiger partial charge in [-0.1, -0.05) is 38.3 Å². The predicted octanol–water partition coefficient (Wildman–Crippen LogP) is 4.14. The summed E-state index contributed by atoms with van der Waals surface area (Å²) in [5.41, 5.74) is 0.953. The van der Waals surface area contributed by atoms with Crippen molar-refractivity contribution >= 4 is 5.97 Å². The molecule has 0 N–H and O–H groups in total. The average Bonchev–Trinajstić information content (AvgIpc) is 2.39. The smallest absolute Gasteiger partial charge is 0.310 e. The molecule has 0 aromatic heterocycles. The van der Waals surface area contributed by atoms with Gasteiger partial charge >= 0.3 is 5.97 Å². The number of carbonyl (C=O) groups is 1. The van der Waals surface area contributed by atoms with Crippen molar-refractivity contribution in [2.75, 3.05) is 6.61 Å². The minimum atomic E-state index is -0.187. The highest BCUT2D eigenvalue weighted by molar-refractivity contribution is 5.72. The number of esters is 1. The highest BCUT2D eigenvalue weighted by atomic mass is 16.5. The van der Waals surface area contributed by atoms with Crippen LogP contribution in [0.2, 0.25) is 0 Å². The van der Waals surface area contributed by atoms with E-state index in [0.29, 0.717) is 6.42 Å². The number of rotatable bonds is 9. The second-order valence-electron chi connectivity index (χ2n) is 5.27. The summed E-state index contributed by atoms with van der Waals surface area (Å²) in [5, 5.41) is 0. The Labute approximate surface area is 122 Å². The summed E-state index contributed by atoms with van der Waals surface area (Å²) in [6, 6.07) is 7.67. The number of benzene rings is 1. The predicted molar refractivity (Wildman–Crippen MR) is 81.0 cm³/mol. The first-order chi connectivity index (χ1) is 9.61. The van der Waals surface area contributed by atoms with Gasteiger partial charge in [0, 0.05) is 0 Å². The molecule has 0 heterocycles. The van der Waals surface area contributed by atoms with Gasteiger partial charge in [-0.2, -0.15) is 0 Å². The maximum atomic E-state index is 11.5. The maximum Gasteiger partial charge on any atom is 0.310 e. The summed E-state index contributed by atoms with van der Waals surface area (Å²) in [5.74, 6) is 0.677. The third kappa shape index (κ3) is 7.17. The van der Waals surface area contributed by atoms with Crippen molar-refractivity contribution in [2.45, 2.75) is 59.0 Å². The largest absolute Gasteiger partial charge is 0.494 e. The van der Waals surface area contributed by atoms with Crippen LogP contribution >= 0.6 is 0 Å². The van der Waals surface area contributed by atoms with Crippen LogP contribution in [-0.2, 0) is 16.0 Å². The summed E-state index contributed by atoms with van der Waals surface area (Å²) < 4.78 is 10.8. The molecule has 0 aliphatic carbocycles. The van der Waals surface area contributed by atoms with Gasteiger partial charge in [0.25, 0.3) is 0 Å². The topological polar surface area (TPSA) is 35.5 Å². The first-order valence-electron chi connectivity index (χ1n) is 7.53. The molecule has 3 nitrogen and oxygen atoms in total. The lowest BCUT2D eigenvalue weighted by molar-refractivity contribution is -0.146. The van der Waals surface area contributed by atoms with Gasteiger partial charge in [0.1, 0.15) is 5.75 Å². The van der Waals surface area contributed by atoms with Crippen LogP contribution in [0.1, 0.15) is 52.0 Å². The molecule has 3 heteroatoms. The maximum absolute atomic E-state index is 11.5. The fraction of sp³-hybridized carbons (Fsp3) is 0.588. The Morgan fingerprint density at radius 1 is 1.10 bits per heavy atom. The third-order valence-electron chi connectivity index (χ3n) is 2.91. The Balaban J connectivity index is 2.31. The van der Waals surface area contributed by atoms with Crippen LogP contribution in [0.4, 0.5) is 0 Å². The molecule has 0 bridgehead atoms. The normalized spacial score (nSPS) is 10.6. The van der Waals surface area contributed by atoms with E-state index >= 15 is 0 Å². The Kier molecular flexibility index (Phi) is 7.78. The molecule has 1 aromatic carbocycles. The molecule has 112 valence electrons. The molecule has 20 heavy (non-hydrogen) atoms. The molecule has 0 unspecified atom stereocenters. The lowest BCUT2D eigenvalue weighted by atomic mass is 10.1. The fourth-order valence-corrected chi connectivity index (χ4v) is 1.89. The van der Waals surface area contributed by atoms with Crippen LogP contribution in [0.5, 0.6) is 5.75 Å². The van der Waals surface area contributed by atoms with E-state index in [4.69, 9.17) is 9.47 Å². The quantitative estimate of drug-likeness (QED) is 0.503. The average molecular weight is 278 g/mol. The third-order valence-corrected chi connectivity index (χ3v) is 2.91. The molecular formula is C17H26O3. The van der Waals surface area contributed by atoms with Crippen LogP contribution in [0, 0.1) is 0 Å². The zero-order valence-electron chi connectivity index (χ0n) is 12.9. The highest BCUT2D eigenvalue weighted by Crippen LogP contribution is 2.14. The van der Waals surface area contributed by atoms with Gasteiger partial charge in [0.2, 0.25) is 0 Å². The molecule has 0 atom stereocenters. The van der Waals surface area contributed by atoms with Crippen LogP contribution < -0.4 is 4.74 Å². The van der Waals surface area contributed by atoms with Crippen LogP contribution in [-0.4, -0.2) is 18.7 Å². The molecule has 1 aromatic rings. The zero-order chi connectivity index (χ0) is 14.8. The number of ether oxygens (including phenoxy) is 2. The lowest BCUT2D eigenvalue weighted by Crippen LogP contribution is -2.13. The number of carbonyl (C=O) groups excluding carboxylic acids is 1. The summed E-state index contributed by atoms with van der Waals surface area (Å²) in [6.45, 7) is 6.67. The van der Waals surface area contributed by atoms with E-state index in [-0.39, 0.29) is 12.1 Å². The van der Waals surface area contributed by atoms with Gasteiger partial charge in [0.15, 0.2) is 0 Å². The van der Waals surface area contributed by atoms with Crippen molar-refractivity contribution in [1.29, 1.82) is 0 Å². The van der Waals surface area contributed by atoms with Crippen molar-refractivity contribution in [3.63, 3.8) is 0 Å². The lowest BCUT2D eigenvalue weighted by Gasteiger charge is -2.09. The molecule has 0 saturated carbocycles.